The first kappa shape index (κ1) is 20.1. The number of hydrogen-bond donors (Lipinski definition) is 2. The minimum atomic E-state index is -0.404. The molecule has 0 saturated carbocycles. The van der Waals surface area contributed by atoms with Gasteiger partial charge in [0.1, 0.15) is 17.0 Å². The first-order valence-corrected chi connectivity index (χ1v) is 10.6. The Morgan fingerprint density at radius 2 is 1.78 bits per heavy atom. The molecule has 1 amide bonds. The Morgan fingerprint density at radius 3 is 2.59 bits per heavy atom. The molecule has 0 radical (unpaired) electrons. The van der Waals surface area contributed by atoms with Crippen molar-refractivity contribution in [1.29, 1.82) is 0 Å². The Kier molecular flexibility index (Phi) is 5.03. The van der Waals surface area contributed by atoms with Crippen LogP contribution in [0, 0.1) is 6.92 Å². The molecule has 2 aromatic heterocycles. The smallest absolute Gasteiger partial charge is 0.291 e. The average molecular weight is 489 g/mol. The van der Waals surface area contributed by atoms with Gasteiger partial charge in [0.25, 0.3) is 5.91 Å². The highest BCUT2D eigenvalue weighted by molar-refractivity contribution is 9.10. The molecule has 2 heterocycles. The standard InChI is InChI=1S/C25H17BrN2O4/c1-14-2-8-19-23(12-14)32-25(28-19)18-13-17(7-9-20(18)29)27-24(30)22-11-10-21(31-22)15-3-5-16(26)6-4-15/h2-13,29H,1H3,(H,27,30). The number of hydrogen-bond acceptors (Lipinski definition) is 5. The quantitative estimate of drug-likeness (QED) is 0.272. The van der Waals surface area contributed by atoms with Crippen LogP contribution < -0.4 is 5.32 Å². The second kappa shape index (κ2) is 8.01. The molecule has 0 aliphatic carbocycles. The van der Waals surface area contributed by atoms with E-state index < -0.39 is 5.91 Å². The summed E-state index contributed by atoms with van der Waals surface area (Å²) < 4.78 is 12.5. The van der Waals surface area contributed by atoms with E-state index in [-0.39, 0.29) is 17.4 Å². The van der Waals surface area contributed by atoms with Crippen LogP contribution >= 0.6 is 15.9 Å². The molecule has 0 bridgehead atoms. The zero-order valence-corrected chi connectivity index (χ0v) is 18.5. The van der Waals surface area contributed by atoms with Crippen molar-refractivity contribution >= 4 is 38.6 Å². The number of furan rings is 1. The molecule has 5 aromatic rings. The highest BCUT2D eigenvalue weighted by atomic mass is 79.9. The van der Waals surface area contributed by atoms with Crippen LogP contribution in [0.4, 0.5) is 5.69 Å². The highest BCUT2D eigenvalue weighted by Gasteiger charge is 2.16. The molecule has 7 heteroatoms. The van der Waals surface area contributed by atoms with Crippen LogP contribution in [0.15, 0.2) is 86.1 Å². The molecule has 5 rings (SSSR count). The molecule has 0 fully saturated rings. The van der Waals surface area contributed by atoms with Crippen LogP contribution in [0.3, 0.4) is 0 Å². The zero-order chi connectivity index (χ0) is 22.2. The van der Waals surface area contributed by atoms with E-state index in [9.17, 15) is 9.90 Å². The maximum atomic E-state index is 12.7. The summed E-state index contributed by atoms with van der Waals surface area (Å²) in [5, 5.41) is 13.1. The molecule has 6 nitrogen and oxygen atoms in total. The van der Waals surface area contributed by atoms with Gasteiger partial charge in [-0.05, 0) is 67.1 Å². The molecule has 0 aliphatic rings. The topological polar surface area (TPSA) is 88.5 Å². The Bertz CT molecular complexity index is 1450. The fraction of sp³-hybridized carbons (Fsp3) is 0.0400. The van der Waals surface area contributed by atoms with Gasteiger partial charge in [-0.1, -0.05) is 34.1 Å². The van der Waals surface area contributed by atoms with Crippen LogP contribution in [-0.4, -0.2) is 16.0 Å². The van der Waals surface area contributed by atoms with Gasteiger partial charge in [-0.3, -0.25) is 4.79 Å². The number of phenols is 1. The predicted molar refractivity (Wildman–Crippen MR) is 126 cm³/mol. The highest BCUT2D eigenvalue weighted by Crippen LogP contribution is 2.34. The van der Waals surface area contributed by atoms with Crippen LogP contribution in [0.25, 0.3) is 33.9 Å². The van der Waals surface area contributed by atoms with E-state index in [2.05, 4.69) is 26.2 Å². The molecular formula is C25H17BrN2O4. The SMILES string of the molecule is Cc1ccc2nc(-c3cc(NC(=O)c4ccc(-c5ccc(Br)cc5)o4)ccc3O)oc2c1. The van der Waals surface area contributed by atoms with Crippen molar-refractivity contribution in [2.45, 2.75) is 6.92 Å². The number of aromatic hydroxyl groups is 1. The monoisotopic (exact) mass is 488 g/mol. The molecule has 32 heavy (non-hydrogen) atoms. The largest absolute Gasteiger partial charge is 0.507 e. The van der Waals surface area contributed by atoms with Gasteiger partial charge in [-0.25, -0.2) is 4.98 Å². The second-order valence-electron chi connectivity index (χ2n) is 7.35. The number of phenolic OH excluding ortho intramolecular Hbond substituents is 1. The molecule has 0 spiro atoms. The number of carbonyl (C=O) groups is 1. The zero-order valence-electron chi connectivity index (χ0n) is 16.9. The van der Waals surface area contributed by atoms with Crippen molar-refractivity contribution in [2.75, 3.05) is 5.32 Å². The molecule has 0 unspecified atom stereocenters. The third-order valence-corrected chi connectivity index (χ3v) is 5.52. The summed E-state index contributed by atoms with van der Waals surface area (Å²) in [6, 6.07) is 21.4. The minimum Gasteiger partial charge on any atom is -0.507 e. The van der Waals surface area contributed by atoms with E-state index in [4.69, 9.17) is 8.83 Å². The number of anilines is 1. The van der Waals surface area contributed by atoms with Crippen molar-refractivity contribution in [2.24, 2.45) is 0 Å². The number of nitrogens with zero attached hydrogens (tertiary/aromatic N) is 1. The predicted octanol–water partition coefficient (Wildman–Crippen LogP) is 6.78. The van der Waals surface area contributed by atoms with Gasteiger partial charge >= 0.3 is 0 Å². The summed E-state index contributed by atoms with van der Waals surface area (Å²) in [6.07, 6.45) is 0. The summed E-state index contributed by atoms with van der Waals surface area (Å²) in [5.41, 5.74) is 4.09. The number of nitrogens with one attached hydrogen (secondary N) is 1. The lowest BCUT2D eigenvalue weighted by molar-refractivity contribution is 0.0997. The van der Waals surface area contributed by atoms with E-state index >= 15 is 0 Å². The van der Waals surface area contributed by atoms with Crippen LogP contribution in [-0.2, 0) is 0 Å². The van der Waals surface area contributed by atoms with Crippen molar-refractivity contribution in [3.05, 3.63) is 88.6 Å². The van der Waals surface area contributed by atoms with Gasteiger partial charge in [-0.15, -0.1) is 0 Å². The maximum absolute atomic E-state index is 12.7. The first-order valence-electron chi connectivity index (χ1n) is 9.84. The van der Waals surface area contributed by atoms with Crippen molar-refractivity contribution < 1.29 is 18.7 Å². The van der Waals surface area contributed by atoms with E-state index in [1.54, 1.807) is 24.3 Å². The number of aromatic nitrogens is 1. The van der Waals surface area contributed by atoms with Crippen LogP contribution in [0.5, 0.6) is 5.75 Å². The van der Waals surface area contributed by atoms with Crippen molar-refractivity contribution in [1.82, 2.24) is 4.98 Å². The van der Waals surface area contributed by atoms with Gasteiger partial charge in [-0.2, -0.15) is 0 Å². The average Bonchev–Trinajstić information content (AvgIpc) is 3.43. The van der Waals surface area contributed by atoms with E-state index in [1.165, 1.54) is 6.07 Å². The number of benzene rings is 3. The molecule has 3 aromatic carbocycles. The number of aryl methyl sites for hydroxylation is 1. The Balaban J connectivity index is 1.40. The van der Waals surface area contributed by atoms with Crippen LogP contribution in [0.2, 0.25) is 0 Å². The lowest BCUT2D eigenvalue weighted by atomic mass is 10.1. The second-order valence-corrected chi connectivity index (χ2v) is 8.26. The number of fused-ring (bicyclic) bond motifs is 1. The molecule has 0 aliphatic heterocycles. The van der Waals surface area contributed by atoms with Gasteiger partial charge in [0.2, 0.25) is 5.89 Å². The number of carbonyl (C=O) groups excluding carboxylic acids is 1. The summed E-state index contributed by atoms with van der Waals surface area (Å²) in [5.74, 6) is 0.639. The normalized spacial score (nSPS) is 11.1. The van der Waals surface area contributed by atoms with Crippen molar-refractivity contribution in [3.63, 3.8) is 0 Å². The molecular weight excluding hydrogens is 472 g/mol. The number of rotatable bonds is 4. The first-order chi connectivity index (χ1) is 15.5. The summed E-state index contributed by atoms with van der Waals surface area (Å²) in [6.45, 7) is 1.96. The summed E-state index contributed by atoms with van der Waals surface area (Å²) in [7, 11) is 0. The molecule has 158 valence electrons. The summed E-state index contributed by atoms with van der Waals surface area (Å²) >= 11 is 3.40. The Hall–Kier alpha value is -3.84. The molecule has 0 saturated heterocycles. The third-order valence-electron chi connectivity index (χ3n) is 4.99. The maximum Gasteiger partial charge on any atom is 0.291 e. The van der Waals surface area contributed by atoms with E-state index in [1.807, 2.05) is 49.4 Å². The fourth-order valence-electron chi connectivity index (χ4n) is 3.35. The molecule has 0 atom stereocenters. The third kappa shape index (κ3) is 3.90. The van der Waals surface area contributed by atoms with Crippen LogP contribution in [0.1, 0.15) is 16.1 Å². The number of amides is 1. The van der Waals surface area contributed by atoms with E-state index in [0.29, 0.717) is 28.1 Å². The number of halogens is 1. The minimum absolute atomic E-state index is 0.00167. The number of oxazole rings is 1. The fourth-order valence-corrected chi connectivity index (χ4v) is 3.62. The van der Waals surface area contributed by atoms with Crippen molar-refractivity contribution in [3.8, 4) is 28.5 Å². The lowest BCUT2D eigenvalue weighted by Gasteiger charge is -2.06. The molecule has 2 N–H and O–H groups in total. The lowest BCUT2D eigenvalue weighted by Crippen LogP contribution is -2.10. The van der Waals surface area contributed by atoms with E-state index in [0.717, 1.165) is 15.6 Å². The summed E-state index contributed by atoms with van der Waals surface area (Å²) in [4.78, 5) is 17.2. The van der Waals surface area contributed by atoms with Gasteiger partial charge in [0.05, 0.1) is 5.56 Å². The Morgan fingerprint density at radius 1 is 0.969 bits per heavy atom. The Labute approximate surface area is 191 Å². The van der Waals surface area contributed by atoms with Gasteiger partial charge in [0.15, 0.2) is 11.3 Å². The van der Waals surface area contributed by atoms with Gasteiger partial charge < -0.3 is 19.3 Å². The van der Waals surface area contributed by atoms with Gasteiger partial charge in [0, 0.05) is 15.7 Å².